The molecule has 0 aliphatic rings. The molecule has 3 heterocycles. The first-order valence-electron chi connectivity index (χ1n) is 14.2. The van der Waals surface area contributed by atoms with Gasteiger partial charge in [-0.15, -0.1) is 0 Å². The van der Waals surface area contributed by atoms with Gasteiger partial charge in [-0.2, -0.15) is 0 Å². The fraction of sp³-hybridized carbons (Fsp3) is 0.278. The van der Waals surface area contributed by atoms with Gasteiger partial charge >= 0.3 is 0 Å². The highest BCUT2D eigenvalue weighted by molar-refractivity contribution is 5.97. The van der Waals surface area contributed by atoms with Crippen LogP contribution in [0.5, 0.6) is 0 Å². The maximum absolute atomic E-state index is 12.5. The van der Waals surface area contributed by atoms with Gasteiger partial charge in [0, 0.05) is 45.3 Å². The van der Waals surface area contributed by atoms with Crippen molar-refractivity contribution in [2.75, 3.05) is 0 Å². The fourth-order valence-electron chi connectivity index (χ4n) is 6.47. The average molecular weight is 546 g/mol. The van der Waals surface area contributed by atoms with Gasteiger partial charge in [-0.1, -0.05) is 59.7 Å². The highest BCUT2D eigenvalue weighted by Gasteiger charge is 2.29. The fourth-order valence-corrected chi connectivity index (χ4v) is 6.47. The molecule has 0 aliphatic heterocycles. The van der Waals surface area contributed by atoms with Gasteiger partial charge in [-0.05, 0) is 89.8 Å². The molecule has 0 saturated carbocycles. The Hall–Kier alpha value is -4.38. The summed E-state index contributed by atoms with van der Waals surface area (Å²) in [6, 6.07) is 21.5. The van der Waals surface area contributed by atoms with Gasteiger partial charge in [-0.25, -0.2) is 0 Å². The van der Waals surface area contributed by atoms with E-state index in [0.717, 1.165) is 67.5 Å². The first-order chi connectivity index (χ1) is 19.5. The first kappa shape index (κ1) is 28.2. The van der Waals surface area contributed by atoms with E-state index in [4.69, 9.17) is 0 Å². The van der Waals surface area contributed by atoms with E-state index in [9.17, 15) is 9.59 Å². The minimum atomic E-state index is -0.117. The van der Waals surface area contributed by atoms with E-state index in [0.29, 0.717) is 0 Å². The van der Waals surface area contributed by atoms with E-state index in [1.807, 2.05) is 27.7 Å². The third-order valence-corrected chi connectivity index (χ3v) is 8.41. The molecule has 5 aromatic rings. The zero-order valence-electron chi connectivity index (χ0n) is 25.2. The summed E-state index contributed by atoms with van der Waals surface area (Å²) < 4.78 is 0. The van der Waals surface area contributed by atoms with Gasteiger partial charge in [0.25, 0.3) is 0 Å². The average Bonchev–Trinajstić information content (AvgIpc) is 3.58. The number of Topliss-reactive ketones (excluding diaryl/α,β-unsaturated/α-hetero) is 2. The van der Waals surface area contributed by atoms with Crippen LogP contribution in [0.4, 0.5) is 0 Å². The van der Waals surface area contributed by atoms with Gasteiger partial charge in [-0.3, -0.25) is 9.59 Å². The predicted molar refractivity (Wildman–Crippen MR) is 166 cm³/mol. The number of nitrogens with one attached hydrogen (secondary N) is 3. The van der Waals surface area contributed by atoms with Crippen molar-refractivity contribution in [2.45, 2.75) is 67.2 Å². The molecule has 0 aliphatic carbocycles. The summed E-state index contributed by atoms with van der Waals surface area (Å²) in [5.41, 5.74) is 14.0. The molecule has 210 valence electrons. The van der Waals surface area contributed by atoms with Gasteiger partial charge < -0.3 is 15.0 Å². The smallest absolute Gasteiger partial charge is 0.161 e. The lowest BCUT2D eigenvalue weighted by molar-refractivity contribution is 0.100. The molecule has 2 unspecified atom stereocenters. The number of hydrogen-bond donors (Lipinski definition) is 3. The molecule has 5 rings (SSSR count). The predicted octanol–water partition coefficient (Wildman–Crippen LogP) is 8.29. The Bertz CT molecular complexity index is 1620. The van der Waals surface area contributed by atoms with Crippen LogP contribution < -0.4 is 0 Å². The first-order valence-corrected chi connectivity index (χ1v) is 14.2. The van der Waals surface area contributed by atoms with Crippen LogP contribution in [0, 0.1) is 41.5 Å². The lowest BCUT2D eigenvalue weighted by Gasteiger charge is -2.20. The molecule has 5 nitrogen and oxygen atoms in total. The number of benzene rings is 2. The monoisotopic (exact) mass is 545 g/mol. The summed E-state index contributed by atoms with van der Waals surface area (Å²) in [5, 5.41) is 0. The highest BCUT2D eigenvalue weighted by Crippen LogP contribution is 2.39. The van der Waals surface area contributed by atoms with Crippen molar-refractivity contribution >= 4 is 11.6 Å². The molecule has 2 atom stereocenters. The molecule has 0 spiro atoms. The molecule has 5 heteroatoms. The van der Waals surface area contributed by atoms with E-state index in [2.05, 4.69) is 89.5 Å². The summed E-state index contributed by atoms with van der Waals surface area (Å²) in [7, 11) is 0. The number of carbonyl (C=O) groups is 2. The number of aromatic amines is 3. The van der Waals surface area contributed by atoms with Crippen LogP contribution in [-0.2, 0) is 0 Å². The molecule has 0 radical (unpaired) electrons. The normalized spacial score (nSPS) is 12.9. The summed E-state index contributed by atoms with van der Waals surface area (Å²) in [4.78, 5) is 36.0. The van der Waals surface area contributed by atoms with Crippen LogP contribution in [0.3, 0.4) is 0 Å². The third-order valence-electron chi connectivity index (χ3n) is 8.41. The van der Waals surface area contributed by atoms with Crippen LogP contribution in [0.15, 0.2) is 60.7 Å². The van der Waals surface area contributed by atoms with Crippen molar-refractivity contribution in [1.82, 2.24) is 15.0 Å². The maximum Gasteiger partial charge on any atom is 0.161 e. The Labute approximate surface area is 242 Å². The SMILES string of the molecule is CC(=O)c1c(C)[nH]c(C(c2ccc(C)cc2)c2ccc(C(c3ccc(C)cc3)c3[nH]c(C)c(C(C)=O)c3C)[nH]2)c1C. The number of aromatic nitrogens is 3. The van der Waals surface area contributed by atoms with Crippen molar-refractivity contribution in [3.8, 4) is 0 Å². The molecule has 0 fully saturated rings. The van der Waals surface area contributed by atoms with Crippen molar-refractivity contribution in [3.63, 3.8) is 0 Å². The molecule has 2 aromatic carbocycles. The Kier molecular flexibility index (Phi) is 7.48. The largest absolute Gasteiger partial charge is 0.361 e. The van der Waals surface area contributed by atoms with Crippen LogP contribution in [0.1, 0.15) is 114 Å². The Morgan fingerprint density at radius 2 is 0.854 bits per heavy atom. The summed E-state index contributed by atoms with van der Waals surface area (Å²) in [6.45, 7) is 15.4. The van der Waals surface area contributed by atoms with Crippen molar-refractivity contribution in [3.05, 3.63) is 139 Å². The zero-order valence-corrected chi connectivity index (χ0v) is 25.2. The molecule has 3 N–H and O–H groups in total. The lowest BCUT2D eigenvalue weighted by Crippen LogP contribution is -2.09. The van der Waals surface area contributed by atoms with Crippen molar-refractivity contribution < 1.29 is 9.59 Å². The van der Waals surface area contributed by atoms with Gasteiger partial charge in [0.2, 0.25) is 0 Å². The quantitative estimate of drug-likeness (QED) is 0.171. The van der Waals surface area contributed by atoms with Gasteiger partial charge in [0.1, 0.15) is 0 Å². The number of carbonyl (C=O) groups excluding carboxylic acids is 2. The zero-order chi connectivity index (χ0) is 29.6. The molecule has 3 aromatic heterocycles. The van der Waals surface area contributed by atoms with Crippen molar-refractivity contribution in [2.24, 2.45) is 0 Å². The number of aryl methyl sites for hydroxylation is 4. The molecule has 41 heavy (non-hydrogen) atoms. The second kappa shape index (κ2) is 10.9. The van der Waals surface area contributed by atoms with E-state index in [-0.39, 0.29) is 23.4 Å². The number of H-pyrrole nitrogens is 3. The van der Waals surface area contributed by atoms with Crippen molar-refractivity contribution in [1.29, 1.82) is 0 Å². The van der Waals surface area contributed by atoms with E-state index in [1.165, 1.54) is 11.1 Å². The van der Waals surface area contributed by atoms with Gasteiger partial charge in [0.15, 0.2) is 11.6 Å². The van der Waals surface area contributed by atoms with E-state index >= 15 is 0 Å². The number of rotatable bonds is 8. The van der Waals surface area contributed by atoms with E-state index in [1.54, 1.807) is 13.8 Å². The van der Waals surface area contributed by atoms with Crippen LogP contribution in [0.25, 0.3) is 0 Å². The molecular formula is C36H39N3O2. The third kappa shape index (κ3) is 5.13. The maximum atomic E-state index is 12.5. The minimum absolute atomic E-state index is 0.0654. The lowest BCUT2D eigenvalue weighted by atomic mass is 9.89. The second-order valence-corrected chi connectivity index (χ2v) is 11.5. The highest BCUT2D eigenvalue weighted by atomic mass is 16.1. The molecule has 0 amide bonds. The molecule has 0 bridgehead atoms. The summed E-state index contributed by atoms with van der Waals surface area (Å²) in [5.74, 6) is -0.102. The molecular weight excluding hydrogens is 506 g/mol. The van der Waals surface area contributed by atoms with Crippen LogP contribution in [0.2, 0.25) is 0 Å². The Morgan fingerprint density at radius 3 is 1.15 bits per heavy atom. The standard InChI is InChI=1S/C36H39N3O2/c1-19-9-13-27(14-10-19)33(35-21(3)31(25(7)40)23(5)37-35)29-17-18-30(39-29)34(28-15-11-20(2)12-16-28)36-22(4)32(26(8)41)24(6)38-36/h9-18,33-34,37-39H,1-8H3. The van der Waals surface area contributed by atoms with Crippen LogP contribution >= 0.6 is 0 Å². The number of hydrogen-bond acceptors (Lipinski definition) is 2. The minimum Gasteiger partial charge on any atom is -0.361 e. The second-order valence-electron chi connectivity index (χ2n) is 11.5. The topological polar surface area (TPSA) is 81.5 Å². The number of ketones is 2. The summed E-state index contributed by atoms with van der Waals surface area (Å²) in [6.07, 6.45) is 0. The van der Waals surface area contributed by atoms with Gasteiger partial charge in [0.05, 0.1) is 11.8 Å². The Balaban J connectivity index is 1.70. The van der Waals surface area contributed by atoms with E-state index < -0.39 is 0 Å². The van der Waals surface area contributed by atoms with Crippen LogP contribution in [-0.4, -0.2) is 26.5 Å². The molecule has 0 saturated heterocycles. The summed E-state index contributed by atoms with van der Waals surface area (Å²) >= 11 is 0. The Morgan fingerprint density at radius 1 is 0.512 bits per heavy atom.